The lowest BCUT2D eigenvalue weighted by Crippen LogP contribution is -2.20. The summed E-state index contributed by atoms with van der Waals surface area (Å²) >= 11 is 1.25. The molecule has 0 saturated carbocycles. The molecule has 9 heteroatoms. The predicted molar refractivity (Wildman–Crippen MR) is 142 cm³/mol. The van der Waals surface area contributed by atoms with Gasteiger partial charge in [0.15, 0.2) is 11.0 Å². The van der Waals surface area contributed by atoms with E-state index < -0.39 is 0 Å². The molecule has 1 heterocycles. The number of aromatic nitrogens is 3. The van der Waals surface area contributed by atoms with Crippen LogP contribution >= 0.6 is 11.8 Å². The fraction of sp³-hybridized carbons (Fsp3) is 0.111. The van der Waals surface area contributed by atoms with Crippen LogP contribution in [0.15, 0.2) is 95.7 Å². The van der Waals surface area contributed by atoms with Gasteiger partial charge in [-0.05, 0) is 54.4 Å². The molecule has 182 valence electrons. The van der Waals surface area contributed by atoms with Crippen molar-refractivity contribution in [1.82, 2.24) is 20.2 Å². The van der Waals surface area contributed by atoms with Crippen LogP contribution in [0.1, 0.15) is 11.1 Å². The number of carbonyl (C=O) groups excluding carboxylic acids is 1. The summed E-state index contributed by atoms with van der Waals surface area (Å²) < 4.78 is 7.16. The molecule has 0 fully saturated rings. The molecule has 4 aromatic rings. The summed E-state index contributed by atoms with van der Waals surface area (Å²) in [4.78, 5) is 12.5. The molecule has 0 spiro atoms. The van der Waals surface area contributed by atoms with Gasteiger partial charge in [-0.3, -0.25) is 9.36 Å². The number of para-hydroxylation sites is 2. The van der Waals surface area contributed by atoms with Crippen LogP contribution in [0.2, 0.25) is 0 Å². The largest absolute Gasteiger partial charge is 0.507 e. The summed E-state index contributed by atoms with van der Waals surface area (Å²) in [6.07, 6.45) is 3.67. The first kappa shape index (κ1) is 24.7. The zero-order valence-electron chi connectivity index (χ0n) is 19.7. The topological polar surface area (TPSA) is 102 Å². The van der Waals surface area contributed by atoms with E-state index in [1.807, 2.05) is 71.3 Å². The molecule has 0 radical (unpaired) electrons. The highest BCUT2D eigenvalue weighted by Crippen LogP contribution is 2.29. The minimum Gasteiger partial charge on any atom is -0.507 e. The molecule has 1 amide bonds. The van der Waals surface area contributed by atoms with Crippen LogP contribution in [0.4, 0.5) is 0 Å². The molecule has 0 atom stereocenters. The molecule has 8 nitrogen and oxygen atoms in total. The Bertz CT molecular complexity index is 1370. The number of allylic oxidation sites excluding steroid dienone is 1. The monoisotopic (exact) mass is 499 g/mol. The van der Waals surface area contributed by atoms with Crippen LogP contribution in [0.5, 0.6) is 11.5 Å². The number of thioether (sulfide) groups is 1. The van der Waals surface area contributed by atoms with E-state index in [1.165, 1.54) is 18.0 Å². The van der Waals surface area contributed by atoms with Crippen molar-refractivity contribution in [3.8, 4) is 28.6 Å². The molecule has 0 unspecified atom stereocenters. The lowest BCUT2D eigenvalue weighted by molar-refractivity contribution is -0.118. The van der Waals surface area contributed by atoms with Crippen molar-refractivity contribution >= 4 is 23.9 Å². The number of ether oxygens (including phenoxy) is 1. The van der Waals surface area contributed by atoms with E-state index in [2.05, 4.69) is 27.3 Å². The number of nitrogens with one attached hydrogen (secondary N) is 1. The smallest absolute Gasteiger partial charge is 0.250 e. The Hall–Kier alpha value is -4.37. The number of hydrogen-bond donors (Lipinski definition) is 2. The molecule has 0 aliphatic heterocycles. The van der Waals surface area contributed by atoms with Crippen LogP contribution in [-0.2, 0) is 11.2 Å². The number of nitrogens with zero attached hydrogens (tertiary/aromatic N) is 4. The van der Waals surface area contributed by atoms with E-state index in [1.54, 1.807) is 19.3 Å². The molecule has 1 aromatic heterocycles. The molecular formula is C27H25N5O3S. The summed E-state index contributed by atoms with van der Waals surface area (Å²) in [5, 5.41) is 23.6. The Morgan fingerprint density at radius 3 is 2.61 bits per heavy atom. The van der Waals surface area contributed by atoms with E-state index >= 15 is 0 Å². The second-order valence-corrected chi connectivity index (χ2v) is 8.58. The SMILES string of the molecule is C=CCc1cccc(/C=N\NC(=O)CSc2nnc(-c3ccc(OC)cc3)n2-c2ccccc2)c1O. The first-order valence-electron chi connectivity index (χ1n) is 11.1. The zero-order valence-corrected chi connectivity index (χ0v) is 20.5. The van der Waals surface area contributed by atoms with Crippen molar-refractivity contribution in [3.63, 3.8) is 0 Å². The van der Waals surface area contributed by atoms with Gasteiger partial charge in [-0.25, -0.2) is 5.43 Å². The van der Waals surface area contributed by atoms with Gasteiger partial charge >= 0.3 is 0 Å². The molecule has 0 saturated heterocycles. The molecule has 3 aromatic carbocycles. The molecule has 0 aliphatic carbocycles. The van der Waals surface area contributed by atoms with Gasteiger partial charge in [0, 0.05) is 16.8 Å². The minimum absolute atomic E-state index is 0.0768. The number of benzene rings is 3. The summed E-state index contributed by atoms with van der Waals surface area (Å²) in [5.74, 6) is 1.28. The molecule has 0 bridgehead atoms. The van der Waals surface area contributed by atoms with Gasteiger partial charge in [-0.1, -0.05) is 48.2 Å². The van der Waals surface area contributed by atoms with Crippen molar-refractivity contribution < 1.29 is 14.6 Å². The van der Waals surface area contributed by atoms with E-state index in [-0.39, 0.29) is 17.4 Å². The van der Waals surface area contributed by atoms with Crippen molar-refractivity contribution in [2.75, 3.05) is 12.9 Å². The average molecular weight is 500 g/mol. The second-order valence-electron chi connectivity index (χ2n) is 7.64. The molecule has 4 rings (SSSR count). The van der Waals surface area contributed by atoms with Crippen LogP contribution in [-0.4, -0.2) is 44.9 Å². The minimum atomic E-state index is -0.313. The Labute approximate surface area is 213 Å². The van der Waals surface area contributed by atoms with Crippen molar-refractivity contribution in [3.05, 3.63) is 96.6 Å². The summed E-state index contributed by atoms with van der Waals surface area (Å²) in [5.41, 5.74) is 5.49. The van der Waals surface area contributed by atoms with E-state index in [0.717, 1.165) is 22.6 Å². The Balaban J connectivity index is 1.48. The van der Waals surface area contributed by atoms with Crippen LogP contribution in [0, 0.1) is 0 Å². The third-order valence-electron chi connectivity index (χ3n) is 5.24. The fourth-order valence-electron chi connectivity index (χ4n) is 3.47. The molecule has 36 heavy (non-hydrogen) atoms. The van der Waals surface area contributed by atoms with Gasteiger partial charge in [0.2, 0.25) is 0 Å². The number of phenolic OH excluding ortho intramolecular Hbond substituents is 1. The van der Waals surface area contributed by atoms with Gasteiger partial charge in [0.25, 0.3) is 5.91 Å². The van der Waals surface area contributed by atoms with Gasteiger partial charge in [0.1, 0.15) is 11.5 Å². The predicted octanol–water partition coefficient (Wildman–Crippen LogP) is 4.62. The van der Waals surface area contributed by atoms with Gasteiger partial charge in [-0.2, -0.15) is 5.10 Å². The van der Waals surface area contributed by atoms with Crippen LogP contribution < -0.4 is 10.2 Å². The maximum atomic E-state index is 12.5. The normalized spacial score (nSPS) is 10.9. The number of hydrazone groups is 1. The summed E-state index contributed by atoms with van der Waals surface area (Å²) in [6, 6.07) is 22.6. The number of carbonyl (C=O) groups is 1. The van der Waals surface area contributed by atoms with E-state index in [0.29, 0.717) is 23.0 Å². The second kappa shape index (κ2) is 11.9. The van der Waals surface area contributed by atoms with Crippen molar-refractivity contribution in [1.29, 1.82) is 0 Å². The standard InChI is InChI=1S/C27H25N5O3S/c1-3-8-19-9-7-10-21(25(19)34)17-28-29-24(33)18-36-27-31-30-26(20-13-15-23(35-2)16-14-20)32(27)22-11-5-4-6-12-22/h3-7,9-17,34H,1,8,18H2,2H3,(H,29,33)/b28-17-. The van der Waals surface area contributed by atoms with Gasteiger partial charge in [0.05, 0.1) is 19.1 Å². The van der Waals surface area contributed by atoms with Gasteiger partial charge < -0.3 is 9.84 Å². The van der Waals surface area contributed by atoms with Crippen LogP contribution in [0.25, 0.3) is 17.1 Å². The molecular weight excluding hydrogens is 474 g/mol. The average Bonchev–Trinajstić information content (AvgIpc) is 3.34. The number of rotatable bonds is 10. The van der Waals surface area contributed by atoms with Crippen molar-refractivity contribution in [2.45, 2.75) is 11.6 Å². The third-order valence-corrected chi connectivity index (χ3v) is 6.17. The van der Waals surface area contributed by atoms with E-state index in [9.17, 15) is 9.90 Å². The lowest BCUT2D eigenvalue weighted by atomic mass is 10.1. The first-order valence-corrected chi connectivity index (χ1v) is 12.1. The summed E-state index contributed by atoms with van der Waals surface area (Å²) in [7, 11) is 1.62. The Morgan fingerprint density at radius 2 is 1.89 bits per heavy atom. The highest BCUT2D eigenvalue weighted by Gasteiger charge is 2.17. The Kier molecular flexibility index (Phi) is 8.15. The van der Waals surface area contributed by atoms with Crippen molar-refractivity contribution in [2.24, 2.45) is 5.10 Å². The first-order chi connectivity index (χ1) is 17.6. The quantitative estimate of drug-likeness (QED) is 0.143. The summed E-state index contributed by atoms with van der Waals surface area (Å²) in [6.45, 7) is 3.69. The highest BCUT2D eigenvalue weighted by atomic mass is 32.2. The molecule has 2 N–H and O–H groups in total. The van der Waals surface area contributed by atoms with E-state index in [4.69, 9.17) is 4.74 Å². The highest BCUT2D eigenvalue weighted by molar-refractivity contribution is 7.99. The third kappa shape index (κ3) is 5.81. The number of phenols is 1. The fourth-order valence-corrected chi connectivity index (χ4v) is 4.22. The van der Waals surface area contributed by atoms with Gasteiger partial charge in [-0.15, -0.1) is 16.8 Å². The Morgan fingerprint density at radius 1 is 1.11 bits per heavy atom. The maximum Gasteiger partial charge on any atom is 0.250 e. The van der Waals surface area contributed by atoms with Crippen LogP contribution in [0.3, 0.4) is 0 Å². The number of methoxy groups -OCH3 is 1. The maximum absolute atomic E-state index is 12.5. The zero-order chi connectivity index (χ0) is 25.3. The number of amides is 1. The molecule has 0 aliphatic rings. The number of aromatic hydroxyl groups is 1. The lowest BCUT2D eigenvalue weighted by Gasteiger charge is -2.10. The number of hydrogen-bond acceptors (Lipinski definition) is 7.